The van der Waals surface area contributed by atoms with Crippen LogP contribution in [0.5, 0.6) is 17.2 Å². The van der Waals surface area contributed by atoms with E-state index in [2.05, 4.69) is 9.88 Å². The van der Waals surface area contributed by atoms with Crippen LogP contribution in [-0.2, 0) is 29.0 Å². The van der Waals surface area contributed by atoms with E-state index in [0.29, 0.717) is 35.9 Å². The lowest BCUT2D eigenvalue weighted by molar-refractivity contribution is -0.140. The van der Waals surface area contributed by atoms with Crippen molar-refractivity contribution in [3.8, 4) is 17.2 Å². The monoisotopic (exact) mass is 560 g/mol. The molecule has 10 heteroatoms. The summed E-state index contributed by atoms with van der Waals surface area (Å²) >= 11 is 0. The summed E-state index contributed by atoms with van der Waals surface area (Å²) in [5.41, 5.74) is 2.83. The number of nitrogens with zero attached hydrogens (tertiary/aromatic N) is 1. The van der Waals surface area contributed by atoms with Gasteiger partial charge in [0.05, 0.1) is 45.7 Å². The number of benzene rings is 2. The number of hydrogen-bond acceptors (Lipinski definition) is 9. The maximum Gasteiger partial charge on any atom is 0.306 e. The molecule has 0 unspecified atom stereocenters. The number of aromatic nitrogens is 1. The SMILES string of the molecule is COC(=O)C[C@H](c1oc(CN2CCc3cc(OC)c(OC)cc3C2)cc(=O)c1O)c1cc2cccc(C)c2[nH]c1=O. The van der Waals surface area contributed by atoms with Crippen LogP contribution in [0, 0.1) is 6.92 Å². The third-order valence-corrected chi connectivity index (χ3v) is 7.58. The largest absolute Gasteiger partial charge is 0.502 e. The molecule has 0 saturated carbocycles. The molecule has 0 bridgehead atoms. The van der Waals surface area contributed by atoms with E-state index >= 15 is 0 Å². The fourth-order valence-electron chi connectivity index (χ4n) is 5.42. The second-order valence-electron chi connectivity index (χ2n) is 10.2. The second kappa shape index (κ2) is 11.5. The van der Waals surface area contributed by atoms with Gasteiger partial charge in [0.15, 0.2) is 17.3 Å². The average molecular weight is 561 g/mol. The maximum absolute atomic E-state index is 13.2. The molecule has 2 aromatic heterocycles. The van der Waals surface area contributed by atoms with E-state index in [9.17, 15) is 19.5 Å². The topological polar surface area (TPSA) is 131 Å². The van der Waals surface area contributed by atoms with Crippen molar-refractivity contribution < 1.29 is 28.5 Å². The van der Waals surface area contributed by atoms with Crippen LogP contribution in [0.2, 0.25) is 0 Å². The molecule has 10 nitrogen and oxygen atoms in total. The van der Waals surface area contributed by atoms with E-state index in [0.717, 1.165) is 28.5 Å². The number of aromatic amines is 1. The van der Waals surface area contributed by atoms with Crippen LogP contribution < -0.4 is 20.5 Å². The van der Waals surface area contributed by atoms with Crippen molar-refractivity contribution in [1.82, 2.24) is 9.88 Å². The predicted molar refractivity (Wildman–Crippen MR) is 152 cm³/mol. The van der Waals surface area contributed by atoms with Gasteiger partial charge in [-0.05, 0) is 53.6 Å². The summed E-state index contributed by atoms with van der Waals surface area (Å²) in [6.45, 7) is 3.42. The number of H-pyrrole nitrogens is 1. The smallest absolute Gasteiger partial charge is 0.306 e. The molecule has 214 valence electrons. The summed E-state index contributed by atoms with van der Waals surface area (Å²) in [5, 5.41) is 11.6. The lowest BCUT2D eigenvalue weighted by Gasteiger charge is -2.29. The van der Waals surface area contributed by atoms with Crippen LogP contribution in [0.1, 0.15) is 46.1 Å². The third kappa shape index (κ3) is 5.55. The highest BCUT2D eigenvalue weighted by atomic mass is 16.5. The molecule has 0 aliphatic carbocycles. The van der Waals surface area contributed by atoms with Gasteiger partial charge >= 0.3 is 5.97 Å². The molecule has 3 heterocycles. The number of para-hydroxylation sites is 1. The average Bonchev–Trinajstić information content (AvgIpc) is 2.97. The van der Waals surface area contributed by atoms with Crippen LogP contribution in [0.4, 0.5) is 0 Å². The van der Waals surface area contributed by atoms with Crippen molar-refractivity contribution in [2.24, 2.45) is 0 Å². The Morgan fingerprint density at radius 3 is 2.51 bits per heavy atom. The zero-order valence-electron chi connectivity index (χ0n) is 23.4. The number of ether oxygens (including phenoxy) is 3. The minimum Gasteiger partial charge on any atom is -0.502 e. The first-order valence-corrected chi connectivity index (χ1v) is 13.2. The molecule has 4 aromatic rings. The Kier molecular flexibility index (Phi) is 7.85. The zero-order chi connectivity index (χ0) is 29.3. The van der Waals surface area contributed by atoms with E-state index in [4.69, 9.17) is 18.6 Å². The summed E-state index contributed by atoms with van der Waals surface area (Å²) in [4.78, 5) is 43.6. The van der Waals surface area contributed by atoms with Crippen molar-refractivity contribution in [1.29, 1.82) is 0 Å². The third-order valence-electron chi connectivity index (χ3n) is 7.58. The molecule has 1 aliphatic heterocycles. The van der Waals surface area contributed by atoms with Gasteiger partial charge in [0, 0.05) is 24.7 Å². The van der Waals surface area contributed by atoms with Gasteiger partial charge in [-0.3, -0.25) is 19.3 Å². The highest BCUT2D eigenvalue weighted by molar-refractivity contribution is 5.82. The molecular formula is C31H32N2O8. The standard InChI is InChI=1S/C31H32N2O8/c1-17-6-5-7-19-10-23(31(37)32-28(17)19)22(14-27(35)40-4)30-29(36)24(34)13-21(41-30)16-33-9-8-18-11-25(38-2)26(39-3)12-20(18)15-33/h5-7,10-13,22,36H,8-9,14-16H2,1-4H3,(H,32,37)/t22-/m0/s1. The normalized spacial score (nSPS) is 14.0. The minimum atomic E-state index is -1.05. The lowest BCUT2D eigenvalue weighted by atomic mass is 9.92. The van der Waals surface area contributed by atoms with Gasteiger partial charge in [-0.25, -0.2) is 0 Å². The van der Waals surface area contributed by atoms with Gasteiger partial charge in [0.1, 0.15) is 5.76 Å². The highest BCUT2D eigenvalue weighted by Gasteiger charge is 2.30. The Balaban J connectivity index is 1.52. The van der Waals surface area contributed by atoms with Gasteiger partial charge in [-0.15, -0.1) is 0 Å². The van der Waals surface area contributed by atoms with Crippen LogP contribution >= 0.6 is 0 Å². The number of esters is 1. The van der Waals surface area contributed by atoms with Gasteiger partial charge in [-0.1, -0.05) is 18.2 Å². The molecule has 0 saturated heterocycles. The number of aryl methyl sites for hydroxylation is 1. The first-order chi connectivity index (χ1) is 19.7. The Morgan fingerprint density at radius 1 is 1.07 bits per heavy atom. The van der Waals surface area contributed by atoms with Gasteiger partial charge in [0.25, 0.3) is 5.56 Å². The molecule has 2 N–H and O–H groups in total. The predicted octanol–water partition coefficient (Wildman–Crippen LogP) is 3.77. The van der Waals surface area contributed by atoms with Crippen LogP contribution in [0.15, 0.2) is 56.5 Å². The number of methoxy groups -OCH3 is 3. The van der Waals surface area contributed by atoms with E-state index in [1.807, 2.05) is 37.3 Å². The summed E-state index contributed by atoms with van der Waals surface area (Å²) in [6, 6.07) is 12.4. The molecule has 2 aromatic carbocycles. The van der Waals surface area contributed by atoms with Crippen LogP contribution in [0.25, 0.3) is 10.9 Å². The first-order valence-electron chi connectivity index (χ1n) is 13.2. The molecule has 0 spiro atoms. The summed E-state index contributed by atoms with van der Waals surface area (Å²) in [6.07, 6.45) is 0.442. The number of hydrogen-bond donors (Lipinski definition) is 2. The zero-order valence-corrected chi connectivity index (χ0v) is 23.4. The number of carbonyl (C=O) groups excluding carboxylic acids is 1. The van der Waals surface area contributed by atoms with Crippen LogP contribution in [-0.4, -0.2) is 48.8 Å². The number of nitrogens with one attached hydrogen (secondary N) is 1. The Morgan fingerprint density at radius 2 is 1.80 bits per heavy atom. The maximum atomic E-state index is 13.2. The second-order valence-corrected chi connectivity index (χ2v) is 10.2. The number of carbonyl (C=O) groups is 1. The van der Waals surface area contributed by atoms with E-state index in [-0.39, 0.29) is 24.3 Å². The summed E-state index contributed by atoms with van der Waals surface area (Å²) in [5.74, 6) is -0.871. The van der Waals surface area contributed by atoms with E-state index < -0.39 is 28.6 Å². The molecule has 1 atom stereocenters. The minimum absolute atomic E-state index is 0.154. The van der Waals surface area contributed by atoms with E-state index in [1.165, 1.54) is 13.2 Å². The molecule has 5 rings (SSSR count). The number of pyridine rings is 1. The molecule has 0 amide bonds. The number of rotatable bonds is 8. The van der Waals surface area contributed by atoms with Gasteiger partial charge < -0.3 is 28.7 Å². The fourth-order valence-corrected chi connectivity index (χ4v) is 5.42. The fraction of sp³-hybridized carbons (Fsp3) is 0.323. The quantitative estimate of drug-likeness (QED) is 0.309. The molecule has 1 aliphatic rings. The number of aromatic hydroxyl groups is 1. The highest BCUT2D eigenvalue weighted by Crippen LogP contribution is 2.35. The van der Waals surface area contributed by atoms with Crippen molar-refractivity contribution in [2.45, 2.75) is 38.8 Å². The van der Waals surface area contributed by atoms with Gasteiger partial charge in [-0.2, -0.15) is 0 Å². The number of fused-ring (bicyclic) bond motifs is 2. The summed E-state index contributed by atoms with van der Waals surface area (Å²) < 4.78 is 21.9. The Labute approximate surface area is 236 Å². The van der Waals surface area contributed by atoms with Crippen molar-refractivity contribution in [3.05, 3.63) is 96.8 Å². The van der Waals surface area contributed by atoms with Gasteiger partial charge in [0.2, 0.25) is 11.2 Å². The Hall–Kier alpha value is -4.57. The lowest BCUT2D eigenvalue weighted by Crippen LogP contribution is -2.30. The first kappa shape index (κ1) is 28.0. The molecule has 41 heavy (non-hydrogen) atoms. The Bertz CT molecular complexity index is 1740. The molecular weight excluding hydrogens is 528 g/mol. The molecule has 0 fully saturated rings. The van der Waals surface area contributed by atoms with Crippen molar-refractivity contribution >= 4 is 16.9 Å². The van der Waals surface area contributed by atoms with Crippen molar-refractivity contribution in [3.63, 3.8) is 0 Å². The molecule has 0 radical (unpaired) electrons. The van der Waals surface area contributed by atoms with Crippen LogP contribution in [0.3, 0.4) is 0 Å². The summed E-state index contributed by atoms with van der Waals surface area (Å²) in [7, 11) is 4.42. The van der Waals surface area contributed by atoms with E-state index in [1.54, 1.807) is 20.3 Å². The van der Waals surface area contributed by atoms with Crippen molar-refractivity contribution in [2.75, 3.05) is 27.9 Å².